The number of halogens is 1. The van der Waals surface area contributed by atoms with Gasteiger partial charge >= 0.3 is 0 Å². The average Bonchev–Trinajstić information content (AvgIpc) is 3.14. The van der Waals surface area contributed by atoms with E-state index in [-0.39, 0.29) is 0 Å². The summed E-state index contributed by atoms with van der Waals surface area (Å²) in [7, 11) is 0. The molecule has 0 aliphatic carbocycles. The summed E-state index contributed by atoms with van der Waals surface area (Å²) in [5.74, 6) is 0. The monoisotopic (exact) mass is 375 g/mol. The minimum absolute atomic E-state index is 0.507. The van der Waals surface area contributed by atoms with Gasteiger partial charge in [-0.2, -0.15) is 0 Å². The molecular formula is C22H18ClN3O. The molecule has 27 heavy (non-hydrogen) atoms. The second kappa shape index (κ2) is 7.25. The quantitative estimate of drug-likeness (QED) is 0.380. The van der Waals surface area contributed by atoms with Crippen molar-refractivity contribution < 1.29 is 0 Å². The van der Waals surface area contributed by atoms with Gasteiger partial charge in [-0.05, 0) is 59.8 Å². The highest BCUT2D eigenvalue weighted by Gasteiger charge is 2.19. The zero-order valence-electron chi connectivity index (χ0n) is 14.7. The van der Waals surface area contributed by atoms with Crippen molar-refractivity contribution in [2.24, 2.45) is 5.18 Å². The van der Waals surface area contributed by atoms with Crippen LogP contribution in [0, 0.1) is 11.8 Å². The number of nitroso groups, excluding NO2 is 1. The van der Waals surface area contributed by atoms with Gasteiger partial charge < -0.3 is 10.3 Å². The molecule has 4 nitrogen and oxygen atoms in total. The molecule has 0 saturated carbocycles. The van der Waals surface area contributed by atoms with Crippen LogP contribution in [-0.4, -0.2) is 4.98 Å². The number of H-pyrrole nitrogens is 1. The lowest BCUT2D eigenvalue weighted by atomic mass is 9.98. The van der Waals surface area contributed by atoms with Gasteiger partial charge in [0.15, 0.2) is 0 Å². The van der Waals surface area contributed by atoms with Crippen LogP contribution in [0.25, 0.3) is 10.9 Å². The van der Waals surface area contributed by atoms with E-state index in [1.807, 2.05) is 79.9 Å². The average molecular weight is 376 g/mol. The normalized spacial score (nSPS) is 12.1. The standard InChI is InChI=1S/C22H18ClN3O/c1-14-4-2-3-5-20(14)25-17-7-8-18(19(23)13-17)22(26-27)16-6-9-21-15(12-16)10-11-24-21/h2-13,22,24-25H,1H3. The first-order chi connectivity index (χ1) is 13.2. The third kappa shape index (κ3) is 3.44. The Morgan fingerprint density at radius 3 is 2.67 bits per heavy atom. The van der Waals surface area contributed by atoms with E-state index >= 15 is 0 Å². The molecule has 1 unspecified atom stereocenters. The van der Waals surface area contributed by atoms with E-state index in [1.54, 1.807) is 0 Å². The molecule has 3 aromatic carbocycles. The second-order valence-electron chi connectivity index (χ2n) is 6.51. The highest BCUT2D eigenvalue weighted by molar-refractivity contribution is 6.31. The predicted octanol–water partition coefficient (Wildman–Crippen LogP) is 6.73. The molecule has 2 N–H and O–H groups in total. The summed E-state index contributed by atoms with van der Waals surface area (Å²) < 4.78 is 0. The lowest BCUT2D eigenvalue weighted by molar-refractivity contribution is 0.866. The van der Waals surface area contributed by atoms with Crippen molar-refractivity contribution in [1.82, 2.24) is 4.98 Å². The molecule has 0 amide bonds. The first-order valence-corrected chi connectivity index (χ1v) is 9.05. The fraction of sp³-hybridized carbons (Fsp3) is 0.0909. The Morgan fingerprint density at radius 1 is 1.04 bits per heavy atom. The number of aryl methyl sites for hydroxylation is 1. The summed E-state index contributed by atoms with van der Waals surface area (Å²) in [6, 6.07) is 20.8. The fourth-order valence-electron chi connectivity index (χ4n) is 3.23. The lowest BCUT2D eigenvalue weighted by Crippen LogP contribution is -2.00. The van der Waals surface area contributed by atoms with E-state index in [0.717, 1.165) is 33.4 Å². The third-order valence-electron chi connectivity index (χ3n) is 4.72. The first kappa shape index (κ1) is 17.3. The Kier molecular flexibility index (Phi) is 4.65. The highest BCUT2D eigenvalue weighted by atomic mass is 35.5. The van der Waals surface area contributed by atoms with Crippen molar-refractivity contribution in [1.29, 1.82) is 0 Å². The molecule has 4 rings (SSSR count). The Bertz CT molecular complexity index is 1120. The zero-order chi connectivity index (χ0) is 18.8. The highest BCUT2D eigenvalue weighted by Crippen LogP contribution is 2.35. The van der Waals surface area contributed by atoms with Gasteiger partial charge in [-0.15, -0.1) is 4.91 Å². The molecule has 0 fully saturated rings. The van der Waals surface area contributed by atoms with Gasteiger partial charge in [0.05, 0.1) is 0 Å². The molecule has 1 atom stereocenters. The van der Waals surface area contributed by atoms with Crippen LogP contribution in [0.3, 0.4) is 0 Å². The molecule has 0 spiro atoms. The number of nitrogens with zero attached hydrogens (tertiary/aromatic N) is 1. The summed E-state index contributed by atoms with van der Waals surface area (Å²) in [6.45, 7) is 2.04. The van der Waals surface area contributed by atoms with Crippen molar-refractivity contribution in [3.63, 3.8) is 0 Å². The first-order valence-electron chi connectivity index (χ1n) is 8.67. The van der Waals surface area contributed by atoms with Crippen LogP contribution in [0.5, 0.6) is 0 Å². The summed E-state index contributed by atoms with van der Waals surface area (Å²) in [6.07, 6.45) is 1.87. The van der Waals surface area contributed by atoms with Gasteiger partial charge in [-0.25, -0.2) is 0 Å². The van der Waals surface area contributed by atoms with E-state index in [9.17, 15) is 4.91 Å². The number of hydrogen-bond donors (Lipinski definition) is 2. The molecule has 0 bridgehead atoms. The minimum Gasteiger partial charge on any atom is -0.361 e. The van der Waals surface area contributed by atoms with Gasteiger partial charge in [-0.3, -0.25) is 0 Å². The van der Waals surface area contributed by atoms with E-state index in [4.69, 9.17) is 11.6 Å². The fourth-order valence-corrected chi connectivity index (χ4v) is 3.52. The van der Waals surface area contributed by atoms with Gasteiger partial charge in [0, 0.05) is 33.7 Å². The largest absolute Gasteiger partial charge is 0.361 e. The van der Waals surface area contributed by atoms with E-state index in [0.29, 0.717) is 10.6 Å². The molecule has 1 heterocycles. The maximum absolute atomic E-state index is 11.6. The summed E-state index contributed by atoms with van der Waals surface area (Å²) in [5, 5.41) is 8.25. The van der Waals surface area contributed by atoms with Crippen LogP contribution in [0.1, 0.15) is 22.7 Å². The number of aromatic nitrogens is 1. The molecule has 0 radical (unpaired) electrons. The van der Waals surface area contributed by atoms with Crippen molar-refractivity contribution in [2.75, 3.05) is 5.32 Å². The number of aromatic amines is 1. The smallest absolute Gasteiger partial charge is 0.143 e. The molecule has 0 aliphatic heterocycles. The van der Waals surface area contributed by atoms with Crippen LogP contribution >= 0.6 is 11.6 Å². The predicted molar refractivity (Wildman–Crippen MR) is 112 cm³/mol. The summed E-state index contributed by atoms with van der Waals surface area (Å²) in [5.41, 5.74) is 5.56. The Hall–Kier alpha value is -3.11. The third-order valence-corrected chi connectivity index (χ3v) is 5.04. The van der Waals surface area contributed by atoms with Crippen LogP contribution < -0.4 is 5.32 Å². The summed E-state index contributed by atoms with van der Waals surface area (Å²) in [4.78, 5) is 14.8. The maximum atomic E-state index is 11.6. The van der Waals surface area contributed by atoms with Crippen molar-refractivity contribution in [3.8, 4) is 0 Å². The number of benzene rings is 3. The van der Waals surface area contributed by atoms with Gasteiger partial charge in [0.2, 0.25) is 0 Å². The number of anilines is 2. The molecule has 0 saturated heterocycles. The number of rotatable bonds is 5. The second-order valence-corrected chi connectivity index (χ2v) is 6.92. The maximum Gasteiger partial charge on any atom is 0.143 e. The molecule has 4 aromatic rings. The van der Waals surface area contributed by atoms with Gasteiger partial charge in [0.25, 0.3) is 0 Å². The van der Waals surface area contributed by atoms with Crippen LogP contribution in [0.2, 0.25) is 5.02 Å². The molecular weight excluding hydrogens is 358 g/mol. The van der Waals surface area contributed by atoms with E-state index in [1.165, 1.54) is 0 Å². The van der Waals surface area contributed by atoms with E-state index < -0.39 is 6.04 Å². The Balaban J connectivity index is 1.66. The Morgan fingerprint density at radius 2 is 1.89 bits per heavy atom. The van der Waals surface area contributed by atoms with Gasteiger partial charge in [-0.1, -0.05) is 47.1 Å². The number of nitrogens with one attached hydrogen (secondary N) is 2. The molecule has 5 heteroatoms. The Labute approximate surface area is 162 Å². The van der Waals surface area contributed by atoms with Crippen molar-refractivity contribution in [3.05, 3.63) is 99.5 Å². The van der Waals surface area contributed by atoms with Crippen LogP contribution in [0.4, 0.5) is 11.4 Å². The topological polar surface area (TPSA) is 57.2 Å². The minimum atomic E-state index is -0.649. The molecule has 0 aliphatic rings. The van der Waals surface area contributed by atoms with Crippen LogP contribution in [0.15, 0.2) is 78.1 Å². The van der Waals surface area contributed by atoms with Crippen molar-refractivity contribution >= 4 is 33.9 Å². The zero-order valence-corrected chi connectivity index (χ0v) is 15.5. The molecule has 134 valence electrons. The number of fused-ring (bicyclic) bond motifs is 1. The van der Waals surface area contributed by atoms with Crippen molar-refractivity contribution in [2.45, 2.75) is 13.0 Å². The lowest BCUT2D eigenvalue weighted by Gasteiger charge is -2.15. The number of hydrogen-bond acceptors (Lipinski definition) is 3. The van der Waals surface area contributed by atoms with E-state index in [2.05, 4.69) is 15.5 Å². The summed E-state index contributed by atoms with van der Waals surface area (Å²) >= 11 is 6.51. The molecule has 1 aromatic heterocycles. The van der Waals surface area contributed by atoms with Crippen LogP contribution in [-0.2, 0) is 0 Å². The number of para-hydroxylation sites is 1. The van der Waals surface area contributed by atoms with Gasteiger partial charge in [0.1, 0.15) is 6.04 Å². The SMILES string of the molecule is Cc1ccccc1Nc1ccc(C(N=O)c2ccc3[nH]ccc3c2)c(Cl)c1.